The van der Waals surface area contributed by atoms with Gasteiger partial charge >= 0.3 is 0 Å². The molecule has 0 bridgehead atoms. The number of hydrogen-bond donors (Lipinski definition) is 7. The second-order valence-electron chi connectivity index (χ2n) is 35.5. The summed E-state index contributed by atoms with van der Waals surface area (Å²) >= 11 is 0. The van der Waals surface area contributed by atoms with Crippen molar-refractivity contribution in [2.75, 3.05) is 0 Å². The third-order valence-corrected chi connectivity index (χ3v) is 16.4. The average Bonchev–Trinajstić information content (AvgIpc) is 3.44. The van der Waals surface area contributed by atoms with E-state index >= 15 is 0 Å². The quantitative estimate of drug-likeness (QED) is 0.0737. The minimum absolute atomic E-state index is 0.0625. The lowest BCUT2D eigenvalue weighted by Gasteiger charge is -2.34. The van der Waals surface area contributed by atoms with Crippen molar-refractivity contribution < 1.29 is 0 Å². The molecule has 0 aliphatic heterocycles. The van der Waals surface area contributed by atoms with E-state index in [1.54, 1.807) is 0 Å². The van der Waals surface area contributed by atoms with Crippen LogP contribution in [0.1, 0.15) is 257 Å². The Bertz CT molecular complexity index is 2050. The highest BCUT2D eigenvalue weighted by atomic mass is 14.7. The van der Waals surface area contributed by atoms with E-state index in [-0.39, 0.29) is 56.8 Å². The highest BCUT2D eigenvalue weighted by Crippen LogP contribution is 2.28. The molecule has 6 atom stereocenters. The van der Waals surface area contributed by atoms with Gasteiger partial charge in [-0.1, -0.05) is 329 Å². The van der Waals surface area contributed by atoms with Crippen LogP contribution in [0.3, 0.4) is 0 Å². The highest BCUT2D eigenvalue weighted by Gasteiger charge is 2.28. The van der Waals surface area contributed by atoms with Gasteiger partial charge in [-0.25, -0.2) is 0 Å². The zero-order chi connectivity index (χ0) is 69.4. The molecule has 14 N–H and O–H groups in total. The summed E-state index contributed by atoms with van der Waals surface area (Å²) in [7, 11) is 0. The molecule has 4 aromatic carbocycles. The molecule has 0 unspecified atom stereocenters. The van der Waals surface area contributed by atoms with E-state index in [1.807, 2.05) is 38.1 Å². The van der Waals surface area contributed by atoms with Crippen molar-refractivity contribution in [2.24, 2.45) is 101 Å². The molecule has 0 aliphatic rings. The molecule has 4 rings (SSSR count). The molecule has 0 radical (unpaired) electrons. The van der Waals surface area contributed by atoms with E-state index in [0.717, 1.165) is 44.4 Å². The fourth-order valence-electron chi connectivity index (χ4n) is 7.90. The summed E-state index contributed by atoms with van der Waals surface area (Å²) in [6.07, 6.45) is 6.04. The van der Waals surface area contributed by atoms with Crippen LogP contribution >= 0.6 is 0 Å². The van der Waals surface area contributed by atoms with Crippen molar-refractivity contribution in [3.05, 3.63) is 144 Å². The maximum atomic E-state index is 6.09. The Morgan fingerprint density at radius 2 is 0.471 bits per heavy atom. The Labute approximate surface area is 543 Å². The molecule has 0 saturated heterocycles. The van der Waals surface area contributed by atoms with Gasteiger partial charge in [-0.3, -0.25) is 0 Å². The topological polar surface area (TPSA) is 182 Å². The van der Waals surface area contributed by atoms with Crippen LogP contribution in [0.25, 0.3) is 0 Å². The molecule has 0 aliphatic carbocycles. The van der Waals surface area contributed by atoms with E-state index < -0.39 is 0 Å². The van der Waals surface area contributed by atoms with Crippen LogP contribution in [0.4, 0.5) is 0 Å². The molecule has 0 fully saturated rings. The lowest BCUT2D eigenvalue weighted by atomic mass is 9.77. The summed E-state index contributed by atoms with van der Waals surface area (Å²) < 4.78 is 0. The van der Waals surface area contributed by atoms with Gasteiger partial charge in [0.15, 0.2) is 0 Å². The predicted octanol–water partition coefficient (Wildman–Crippen LogP) is 19.7. The number of rotatable bonds is 12. The van der Waals surface area contributed by atoms with Crippen LogP contribution in [0, 0.1) is 61.1 Å². The van der Waals surface area contributed by atoms with Gasteiger partial charge in [0.1, 0.15) is 0 Å². The molecule has 0 aromatic heterocycles. The molecule has 0 amide bonds. The molecule has 87 heavy (non-hydrogen) atoms. The van der Waals surface area contributed by atoms with E-state index in [1.165, 1.54) is 22.3 Å². The highest BCUT2D eigenvalue weighted by molar-refractivity contribution is 5.19. The van der Waals surface area contributed by atoms with Gasteiger partial charge in [0.25, 0.3) is 0 Å². The maximum absolute atomic E-state index is 6.09. The smallest absolute Gasteiger partial charge is 0.0146 e. The van der Waals surface area contributed by atoms with Crippen molar-refractivity contribution in [3.63, 3.8) is 0 Å². The Balaban J connectivity index is -0.000000458. The summed E-state index contributed by atoms with van der Waals surface area (Å²) in [5.74, 6) is 1.97. The van der Waals surface area contributed by atoms with Crippen LogP contribution in [0.2, 0.25) is 0 Å². The SMILES string of the molecule is CC(C)(C)C(C)(C)N.CC(C)(C)C[C@@H](N)Cc1ccccc1.CC(C)(C)C[C@H](N)Cc1ccccc1.CC(C)(C)[C@@H](N)Cc1ccccc1.CC(C)(C)[C@H](N)Cc1ccccc1.CC(C)C(C)(C)C.CC(C)[C@@H](N)C(C)(C)C.CC(C)[C@H](N)C(C)(C)C. The Morgan fingerprint density at radius 1 is 0.287 bits per heavy atom. The normalized spacial score (nSPS) is 14.5. The van der Waals surface area contributed by atoms with Crippen molar-refractivity contribution >= 4 is 0 Å². The molecule has 0 saturated carbocycles. The van der Waals surface area contributed by atoms with Crippen molar-refractivity contribution in [1.82, 2.24) is 0 Å². The first-order valence-corrected chi connectivity index (χ1v) is 33.3. The largest absolute Gasteiger partial charge is 0.327 e. The lowest BCUT2D eigenvalue weighted by molar-refractivity contribution is 0.230. The third kappa shape index (κ3) is 52.0. The maximum Gasteiger partial charge on any atom is 0.0146 e. The second kappa shape index (κ2) is 41.2. The molecular weight excluding hydrogens is 1060 g/mol. The van der Waals surface area contributed by atoms with Crippen LogP contribution in [0.5, 0.6) is 0 Å². The van der Waals surface area contributed by atoms with Crippen LogP contribution in [-0.2, 0) is 25.7 Å². The molecule has 7 nitrogen and oxygen atoms in total. The first kappa shape index (κ1) is 90.0. The van der Waals surface area contributed by atoms with E-state index in [4.69, 9.17) is 40.1 Å². The van der Waals surface area contributed by atoms with Gasteiger partial charge in [-0.2, -0.15) is 0 Å². The monoisotopic (exact) mass is 1210 g/mol. The fourth-order valence-corrected chi connectivity index (χ4v) is 7.90. The van der Waals surface area contributed by atoms with E-state index in [2.05, 4.69) is 305 Å². The standard InChI is InChI=1S/2C13H21N.2C12H19N.2C8H19N.C7H17N.C7H16/c2*1-13(2,3)10-12(14)9-11-7-5-4-6-8-11;2*1-12(2,3)11(13)9-10-7-5-4-6-8-10;2*1-6(2)7(9)8(3,4)5;1-6(2,3)7(4,5)8;1-6(2)7(3,4)5/h2*4-8,12H,9-10,14H2,1-3H3;2*4-8,11H,9,13H2,1-3H3;2*6-7H,9H2,1-5H3;8H2,1-5H3;6H,1-5H3/t2*12-;2*11-;2*7-;;/m101010../s1. The molecule has 7 heteroatoms. The van der Waals surface area contributed by atoms with Crippen LogP contribution in [-0.4, -0.2) is 41.8 Å². The Morgan fingerprint density at radius 3 is 0.586 bits per heavy atom. The summed E-state index contributed by atoms with van der Waals surface area (Å²) in [6.45, 7) is 70.0. The van der Waals surface area contributed by atoms with E-state index in [9.17, 15) is 0 Å². The minimum Gasteiger partial charge on any atom is -0.327 e. The number of nitrogens with two attached hydrogens (primary N) is 7. The molecule has 0 heterocycles. The summed E-state index contributed by atoms with van der Waals surface area (Å²) in [5.41, 5.74) is 49.5. The van der Waals surface area contributed by atoms with Crippen LogP contribution in [0.15, 0.2) is 121 Å². The molecule has 0 spiro atoms. The summed E-state index contributed by atoms with van der Waals surface area (Å²) in [4.78, 5) is 0. The number of benzene rings is 4. The van der Waals surface area contributed by atoms with Gasteiger partial charge in [0, 0.05) is 41.8 Å². The van der Waals surface area contributed by atoms with Gasteiger partial charge in [0.2, 0.25) is 0 Å². The third-order valence-electron chi connectivity index (χ3n) is 16.4. The summed E-state index contributed by atoms with van der Waals surface area (Å²) in [5, 5.41) is 0. The van der Waals surface area contributed by atoms with E-state index in [0.29, 0.717) is 40.2 Å². The second-order valence-corrected chi connectivity index (χ2v) is 35.5. The lowest BCUT2D eigenvalue weighted by Crippen LogP contribution is -2.45. The Kier molecular flexibility index (Phi) is 42.6. The van der Waals surface area contributed by atoms with Gasteiger partial charge < -0.3 is 40.1 Å². The molecule has 4 aromatic rings. The minimum atomic E-state index is -0.0625. The van der Waals surface area contributed by atoms with Gasteiger partial charge in [-0.15, -0.1) is 0 Å². The first-order chi connectivity index (χ1) is 38.8. The zero-order valence-electron chi connectivity index (χ0n) is 63.5. The van der Waals surface area contributed by atoms with Crippen molar-refractivity contribution in [1.29, 1.82) is 0 Å². The van der Waals surface area contributed by atoms with Crippen LogP contribution < -0.4 is 40.1 Å². The fraction of sp³-hybridized carbons (Fsp3) is 0.700. The zero-order valence-corrected chi connectivity index (χ0v) is 63.5. The van der Waals surface area contributed by atoms with Crippen molar-refractivity contribution in [2.45, 2.75) is 302 Å². The van der Waals surface area contributed by atoms with Gasteiger partial charge in [-0.05, 0) is 136 Å². The Hall–Kier alpha value is -3.40. The first-order valence-electron chi connectivity index (χ1n) is 33.3. The van der Waals surface area contributed by atoms with Crippen molar-refractivity contribution in [3.8, 4) is 0 Å². The molecular formula is C80H151N7. The predicted molar refractivity (Wildman–Crippen MR) is 396 cm³/mol. The molecule has 506 valence electrons. The average molecular weight is 1210 g/mol. The van der Waals surface area contributed by atoms with Gasteiger partial charge in [0.05, 0.1) is 0 Å². The summed E-state index contributed by atoms with van der Waals surface area (Å²) in [6, 6.07) is 43.4. The number of hydrogen-bond acceptors (Lipinski definition) is 7.